The average Bonchev–Trinajstić information content (AvgIpc) is 3.30. The van der Waals surface area contributed by atoms with Crippen molar-refractivity contribution in [2.45, 2.75) is 20.4 Å². The Hall–Kier alpha value is -4.99. The number of aromatic nitrogens is 3. The van der Waals surface area contributed by atoms with Gasteiger partial charge in [0.05, 0.1) is 18.2 Å². The fourth-order valence-corrected chi connectivity index (χ4v) is 4.42. The molecule has 0 bridgehead atoms. The van der Waals surface area contributed by atoms with Crippen LogP contribution >= 0.6 is 0 Å². The second-order valence-corrected chi connectivity index (χ2v) is 8.69. The quantitative estimate of drug-likeness (QED) is 0.352. The van der Waals surface area contributed by atoms with E-state index in [-0.39, 0.29) is 12.5 Å². The van der Waals surface area contributed by atoms with Crippen LogP contribution in [-0.4, -0.2) is 40.2 Å². The Balaban J connectivity index is 1.58. The third kappa shape index (κ3) is 4.47. The number of hydrogen-bond acceptors (Lipinski definition) is 7. The Bertz CT molecular complexity index is 1750. The van der Waals surface area contributed by atoms with Crippen LogP contribution in [0.5, 0.6) is 5.75 Å². The number of likely N-dealkylation sites (N-methyl/N-ethyl adjacent to an activating group) is 1. The Kier molecular flexibility index (Phi) is 6.38. The van der Waals surface area contributed by atoms with Gasteiger partial charge in [-0.15, -0.1) is 0 Å². The van der Waals surface area contributed by atoms with Crippen LogP contribution in [0, 0.1) is 6.92 Å². The first-order valence-corrected chi connectivity index (χ1v) is 12.0. The molecule has 0 radical (unpaired) electrons. The summed E-state index contributed by atoms with van der Waals surface area (Å²) in [6, 6.07) is 17.0. The van der Waals surface area contributed by atoms with Crippen LogP contribution < -0.4 is 20.9 Å². The van der Waals surface area contributed by atoms with E-state index in [4.69, 9.17) is 14.9 Å². The monoisotopic (exact) mass is 511 g/mol. The fourth-order valence-electron chi connectivity index (χ4n) is 4.42. The molecule has 0 saturated carbocycles. The molecular formula is C28H25N5O5. The minimum atomic E-state index is -0.548. The summed E-state index contributed by atoms with van der Waals surface area (Å²) in [6.45, 7) is 3.68. The first-order valence-electron chi connectivity index (χ1n) is 12.0. The third-order valence-electron chi connectivity index (χ3n) is 6.30. The van der Waals surface area contributed by atoms with E-state index in [1.807, 2.05) is 6.92 Å². The molecule has 0 aliphatic rings. The first kappa shape index (κ1) is 24.7. The Labute approximate surface area is 217 Å². The number of primary amides is 1. The van der Waals surface area contributed by atoms with Gasteiger partial charge < -0.3 is 19.8 Å². The summed E-state index contributed by atoms with van der Waals surface area (Å²) in [5, 5.41) is 5.51. The van der Waals surface area contributed by atoms with Crippen molar-refractivity contribution in [3.05, 3.63) is 82.5 Å². The predicted molar refractivity (Wildman–Crippen MR) is 143 cm³/mol. The van der Waals surface area contributed by atoms with Crippen LogP contribution in [0.4, 0.5) is 5.69 Å². The van der Waals surface area contributed by atoms with Gasteiger partial charge in [0.25, 0.3) is 5.56 Å². The Morgan fingerprint density at radius 1 is 1.05 bits per heavy atom. The van der Waals surface area contributed by atoms with Crippen molar-refractivity contribution in [2.75, 3.05) is 18.6 Å². The summed E-state index contributed by atoms with van der Waals surface area (Å²) < 4.78 is 12.1. The maximum absolute atomic E-state index is 13.5. The Morgan fingerprint density at radius 2 is 1.82 bits per heavy atom. The molecule has 0 unspecified atom stereocenters. The van der Waals surface area contributed by atoms with Gasteiger partial charge in [-0.3, -0.25) is 14.4 Å². The zero-order valence-corrected chi connectivity index (χ0v) is 21.1. The van der Waals surface area contributed by atoms with Crippen LogP contribution in [0.2, 0.25) is 0 Å². The van der Waals surface area contributed by atoms with Gasteiger partial charge in [-0.1, -0.05) is 12.1 Å². The van der Waals surface area contributed by atoms with Crippen LogP contribution in [0.15, 0.2) is 69.9 Å². The molecule has 2 amide bonds. The largest absolute Gasteiger partial charge is 0.497 e. The van der Waals surface area contributed by atoms with E-state index in [0.29, 0.717) is 62.6 Å². The highest BCUT2D eigenvalue weighted by Crippen LogP contribution is 2.28. The summed E-state index contributed by atoms with van der Waals surface area (Å²) in [7, 11) is 1.51. The van der Waals surface area contributed by atoms with E-state index in [2.05, 4.69) is 10.1 Å². The van der Waals surface area contributed by atoms with Gasteiger partial charge in [-0.25, -0.2) is 9.67 Å². The highest BCUT2D eigenvalue weighted by atomic mass is 16.5. The molecule has 0 aliphatic carbocycles. The SMILES string of the molecule is CCN(C(=O)Cn1nc(-c2ccc(C(N)=O)cc2)c2ccc(OC)cc2c1=O)c1ccc2nc(C)oc2c1. The molecule has 192 valence electrons. The summed E-state index contributed by atoms with van der Waals surface area (Å²) >= 11 is 0. The van der Waals surface area contributed by atoms with Gasteiger partial charge in [0.1, 0.15) is 17.8 Å². The predicted octanol–water partition coefficient (Wildman–Crippen LogP) is 3.67. The second-order valence-electron chi connectivity index (χ2n) is 8.69. The lowest BCUT2D eigenvalue weighted by molar-refractivity contribution is -0.119. The molecule has 5 aromatic rings. The number of rotatable bonds is 7. The molecule has 0 aliphatic heterocycles. The average molecular weight is 512 g/mol. The van der Waals surface area contributed by atoms with Gasteiger partial charge in [0.15, 0.2) is 11.5 Å². The van der Waals surface area contributed by atoms with Crippen LogP contribution in [0.25, 0.3) is 33.1 Å². The lowest BCUT2D eigenvalue weighted by Crippen LogP contribution is -2.37. The van der Waals surface area contributed by atoms with Crippen molar-refractivity contribution < 1.29 is 18.7 Å². The maximum Gasteiger partial charge on any atom is 0.275 e. The highest BCUT2D eigenvalue weighted by molar-refractivity contribution is 5.98. The molecule has 0 fully saturated rings. The van der Waals surface area contributed by atoms with E-state index >= 15 is 0 Å². The highest BCUT2D eigenvalue weighted by Gasteiger charge is 2.20. The molecule has 2 heterocycles. The number of ether oxygens (including phenoxy) is 1. The number of amides is 2. The van der Waals surface area contributed by atoms with Crippen LogP contribution in [0.1, 0.15) is 23.2 Å². The zero-order valence-electron chi connectivity index (χ0n) is 21.1. The van der Waals surface area contributed by atoms with Gasteiger partial charge in [-0.2, -0.15) is 5.10 Å². The van der Waals surface area contributed by atoms with E-state index < -0.39 is 11.5 Å². The molecular weight excluding hydrogens is 486 g/mol. The lowest BCUT2D eigenvalue weighted by atomic mass is 10.0. The van der Waals surface area contributed by atoms with E-state index in [1.165, 1.54) is 7.11 Å². The fraction of sp³-hybridized carbons (Fsp3) is 0.179. The third-order valence-corrected chi connectivity index (χ3v) is 6.30. The van der Waals surface area contributed by atoms with Crippen molar-refractivity contribution in [1.29, 1.82) is 0 Å². The minimum Gasteiger partial charge on any atom is -0.497 e. The molecule has 10 nitrogen and oxygen atoms in total. The number of nitrogens with two attached hydrogens (primary N) is 1. The number of anilines is 1. The topological polar surface area (TPSA) is 134 Å². The number of benzene rings is 3. The molecule has 5 rings (SSSR count). The first-order chi connectivity index (χ1) is 18.3. The number of hydrogen-bond donors (Lipinski definition) is 1. The lowest BCUT2D eigenvalue weighted by Gasteiger charge is -2.21. The van der Waals surface area contributed by atoms with E-state index in [0.717, 1.165) is 4.68 Å². The van der Waals surface area contributed by atoms with E-state index in [9.17, 15) is 14.4 Å². The molecule has 0 saturated heterocycles. The van der Waals surface area contributed by atoms with Crippen molar-refractivity contribution >= 4 is 39.4 Å². The summed E-state index contributed by atoms with van der Waals surface area (Å²) in [5.41, 5.74) is 8.33. The number of aryl methyl sites for hydroxylation is 1. The summed E-state index contributed by atoms with van der Waals surface area (Å²) in [4.78, 5) is 44.3. The van der Waals surface area contributed by atoms with Crippen molar-refractivity contribution in [2.24, 2.45) is 5.73 Å². The normalized spacial score (nSPS) is 11.1. The number of carbonyl (C=O) groups excluding carboxylic acids is 2. The van der Waals surface area contributed by atoms with Gasteiger partial charge in [0, 0.05) is 41.7 Å². The standard InChI is InChI=1S/C28H25N5O5/c1-4-32(19-9-12-23-24(13-19)38-16(2)30-23)25(34)15-33-28(36)22-14-20(37-3)10-11-21(22)26(31-33)17-5-7-18(8-6-17)27(29)35/h5-14H,4,15H2,1-3H3,(H2,29,35). The molecule has 0 spiro atoms. The molecule has 0 atom stereocenters. The molecule has 2 aromatic heterocycles. The zero-order chi connectivity index (χ0) is 27.0. The van der Waals surface area contributed by atoms with Gasteiger partial charge in [0.2, 0.25) is 11.8 Å². The van der Waals surface area contributed by atoms with Crippen LogP contribution in [0.3, 0.4) is 0 Å². The number of methoxy groups -OCH3 is 1. The van der Waals surface area contributed by atoms with Crippen molar-refractivity contribution in [1.82, 2.24) is 14.8 Å². The number of nitrogens with zero attached hydrogens (tertiary/aromatic N) is 4. The van der Waals surface area contributed by atoms with Gasteiger partial charge >= 0.3 is 0 Å². The second kappa shape index (κ2) is 9.81. The summed E-state index contributed by atoms with van der Waals surface area (Å²) in [5.74, 6) is 0.160. The number of fused-ring (bicyclic) bond motifs is 2. The van der Waals surface area contributed by atoms with Crippen LogP contribution in [-0.2, 0) is 11.3 Å². The number of oxazole rings is 1. The summed E-state index contributed by atoms with van der Waals surface area (Å²) in [6.07, 6.45) is 0. The maximum atomic E-state index is 13.5. The smallest absolute Gasteiger partial charge is 0.275 e. The molecule has 10 heteroatoms. The Morgan fingerprint density at radius 3 is 2.50 bits per heavy atom. The molecule has 2 N–H and O–H groups in total. The van der Waals surface area contributed by atoms with Crippen molar-refractivity contribution in [3.8, 4) is 17.0 Å². The van der Waals surface area contributed by atoms with Gasteiger partial charge in [-0.05, 0) is 49.4 Å². The number of carbonyl (C=O) groups is 2. The van der Waals surface area contributed by atoms with E-state index in [1.54, 1.807) is 72.5 Å². The van der Waals surface area contributed by atoms with Crippen molar-refractivity contribution in [3.63, 3.8) is 0 Å². The molecule has 3 aromatic carbocycles. The minimum absolute atomic E-state index is 0.292. The molecule has 38 heavy (non-hydrogen) atoms.